The van der Waals surface area contributed by atoms with Gasteiger partial charge in [0.2, 0.25) is 0 Å². The third kappa shape index (κ3) is 21.3. The minimum absolute atomic E-state index is 0.0273. The highest BCUT2D eigenvalue weighted by molar-refractivity contribution is 5.76. The molecular formula is C22H42N2O10. The Kier molecular flexibility index (Phi) is 16.7. The fraction of sp³-hybridized carbons (Fsp3) is 0.818. The predicted octanol–water partition coefficient (Wildman–Crippen LogP) is 1.65. The van der Waals surface area contributed by atoms with Crippen molar-refractivity contribution in [1.29, 1.82) is 0 Å². The van der Waals surface area contributed by atoms with Crippen molar-refractivity contribution >= 4 is 24.1 Å². The summed E-state index contributed by atoms with van der Waals surface area (Å²) in [6.07, 6.45) is -0.658. The molecule has 0 aliphatic heterocycles. The van der Waals surface area contributed by atoms with Crippen LogP contribution in [0.3, 0.4) is 0 Å². The standard InChI is InChI=1S/C12H21NO6.C10H21NO4/c1-12(2,3)19-11(16)13-8(6-9(14)17-4)7-10(15)18-5;1-10(2,3)15-9(14)11-8(4-6-12)5-7-13/h8H,6-7H2,1-5H3,(H,13,16);8,12-13H,4-7H2,1-3H3,(H,11,14). The fourth-order valence-corrected chi connectivity index (χ4v) is 2.29. The van der Waals surface area contributed by atoms with Gasteiger partial charge in [-0.2, -0.15) is 0 Å². The number of carbonyl (C=O) groups is 4. The van der Waals surface area contributed by atoms with Crippen LogP contribution in [0, 0.1) is 0 Å². The van der Waals surface area contributed by atoms with E-state index in [4.69, 9.17) is 19.7 Å². The van der Waals surface area contributed by atoms with Gasteiger partial charge < -0.3 is 39.8 Å². The summed E-state index contributed by atoms with van der Waals surface area (Å²) in [6.45, 7) is 10.4. The SMILES string of the molecule is CC(C)(C)OC(=O)NC(CCO)CCO.COC(=O)CC(CC(=O)OC)NC(=O)OC(C)(C)C. The molecular weight excluding hydrogens is 452 g/mol. The second-order valence-corrected chi connectivity index (χ2v) is 9.27. The zero-order chi connectivity index (χ0) is 26.9. The Balaban J connectivity index is 0. The summed E-state index contributed by atoms with van der Waals surface area (Å²) in [5.41, 5.74) is -1.20. The molecule has 12 nitrogen and oxygen atoms in total. The van der Waals surface area contributed by atoms with Crippen LogP contribution >= 0.6 is 0 Å². The van der Waals surface area contributed by atoms with Crippen molar-refractivity contribution in [1.82, 2.24) is 10.6 Å². The van der Waals surface area contributed by atoms with E-state index in [1.54, 1.807) is 41.5 Å². The average Bonchev–Trinajstić information content (AvgIpc) is 2.65. The molecule has 0 aliphatic carbocycles. The maximum Gasteiger partial charge on any atom is 0.407 e. The largest absolute Gasteiger partial charge is 0.469 e. The summed E-state index contributed by atoms with van der Waals surface area (Å²) in [5, 5.41) is 22.5. The van der Waals surface area contributed by atoms with Crippen molar-refractivity contribution in [2.24, 2.45) is 0 Å². The Bertz CT molecular complexity index is 602. The van der Waals surface area contributed by atoms with Crippen molar-refractivity contribution in [2.45, 2.75) is 90.5 Å². The highest BCUT2D eigenvalue weighted by atomic mass is 16.6. The lowest BCUT2D eigenvalue weighted by molar-refractivity contribution is -0.143. The molecule has 0 unspecified atom stereocenters. The predicted molar refractivity (Wildman–Crippen MR) is 123 cm³/mol. The van der Waals surface area contributed by atoms with Gasteiger partial charge in [-0.05, 0) is 54.4 Å². The molecule has 0 saturated heterocycles. The molecule has 0 rings (SSSR count). The smallest absolute Gasteiger partial charge is 0.407 e. The van der Waals surface area contributed by atoms with Gasteiger partial charge in [0, 0.05) is 19.3 Å². The summed E-state index contributed by atoms with van der Waals surface area (Å²) in [5.74, 6) is -1.07. The van der Waals surface area contributed by atoms with E-state index >= 15 is 0 Å². The van der Waals surface area contributed by atoms with Crippen LogP contribution in [0.4, 0.5) is 9.59 Å². The van der Waals surface area contributed by atoms with Gasteiger partial charge in [-0.3, -0.25) is 9.59 Å². The molecule has 2 amide bonds. The Hall–Kier alpha value is -2.60. The Morgan fingerprint density at radius 3 is 1.26 bits per heavy atom. The van der Waals surface area contributed by atoms with Crippen LogP contribution < -0.4 is 10.6 Å². The number of ether oxygens (including phenoxy) is 4. The quantitative estimate of drug-likeness (QED) is 0.259. The molecule has 0 aromatic carbocycles. The zero-order valence-corrected chi connectivity index (χ0v) is 21.6. The van der Waals surface area contributed by atoms with Gasteiger partial charge in [0.1, 0.15) is 11.2 Å². The lowest BCUT2D eigenvalue weighted by atomic mass is 10.1. The molecule has 0 aromatic heterocycles. The van der Waals surface area contributed by atoms with E-state index in [1.807, 2.05) is 0 Å². The number of nitrogens with one attached hydrogen (secondary N) is 2. The lowest BCUT2D eigenvalue weighted by Gasteiger charge is -2.23. The van der Waals surface area contributed by atoms with Gasteiger partial charge in [-0.25, -0.2) is 9.59 Å². The summed E-state index contributed by atoms with van der Waals surface area (Å²) in [7, 11) is 2.45. The molecule has 0 aromatic rings. The first kappa shape index (κ1) is 33.6. The Morgan fingerprint density at radius 1 is 0.676 bits per heavy atom. The van der Waals surface area contributed by atoms with E-state index in [1.165, 1.54) is 14.2 Å². The van der Waals surface area contributed by atoms with Crippen molar-refractivity contribution in [2.75, 3.05) is 27.4 Å². The first-order valence-electron chi connectivity index (χ1n) is 10.9. The molecule has 0 aliphatic rings. The number of esters is 2. The first-order valence-corrected chi connectivity index (χ1v) is 10.9. The molecule has 4 N–H and O–H groups in total. The second-order valence-electron chi connectivity index (χ2n) is 9.27. The van der Waals surface area contributed by atoms with E-state index in [9.17, 15) is 19.2 Å². The monoisotopic (exact) mass is 494 g/mol. The van der Waals surface area contributed by atoms with E-state index in [2.05, 4.69) is 20.1 Å². The molecule has 34 heavy (non-hydrogen) atoms. The van der Waals surface area contributed by atoms with Gasteiger partial charge in [0.15, 0.2) is 0 Å². The first-order chi connectivity index (χ1) is 15.6. The third-order valence-electron chi connectivity index (χ3n) is 3.68. The number of methoxy groups -OCH3 is 2. The number of carbonyl (C=O) groups excluding carboxylic acids is 4. The average molecular weight is 495 g/mol. The number of hydrogen-bond donors (Lipinski definition) is 4. The van der Waals surface area contributed by atoms with Gasteiger partial charge >= 0.3 is 24.1 Å². The summed E-state index contributed by atoms with van der Waals surface area (Å²) in [6, 6.07) is -0.968. The minimum atomic E-state index is -0.727. The molecule has 200 valence electrons. The molecule has 12 heteroatoms. The Morgan fingerprint density at radius 2 is 1.00 bits per heavy atom. The number of rotatable bonds is 10. The van der Waals surface area contributed by atoms with Crippen molar-refractivity contribution in [3.63, 3.8) is 0 Å². The minimum Gasteiger partial charge on any atom is -0.469 e. The fourth-order valence-electron chi connectivity index (χ4n) is 2.29. The van der Waals surface area contributed by atoms with Crippen LogP contribution in [0.1, 0.15) is 67.2 Å². The van der Waals surface area contributed by atoms with Gasteiger partial charge in [-0.1, -0.05) is 0 Å². The maximum atomic E-state index is 11.6. The zero-order valence-electron chi connectivity index (χ0n) is 21.6. The van der Waals surface area contributed by atoms with Crippen molar-refractivity contribution in [3.05, 3.63) is 0 Å². The number of aliphatic hydroxyl groups is 2. The molecule has 0 saturated carbocycles. The lowest BCUT2D eigenvalue weighted by Crippen LogP contribution is -2.41. The molecule has 0 fully saturated rings. The number of hydrogen-bond acceptors (Lipinski definition) is 10. The molecule has 0 atom stereocenters. The third-order valence-corrected chi connectivity index (χ3v) is 3.68. The van der Waals surface area contributed by atoms with Crippen LogP contribution in [-0.4, -0.2) is 85.1 Å². The van der Waals surface area contributed by atoms with Crippen molar-refractivity contribution < 1.29 is 48.3 Å². The topological polar surface area (TPSA) is 170 Å². The molecule has 0 spiro atoms. The van der Waals surface area contributed by atoms with Crippen LogP contribution in [0.5, 0.6) is 0 Å². The number of alkyl carbamates (subject to hydrolysis) is 2. The van der Waals surface area contributed by atoms with Gasteiger partial charge in [0.05, 0.1) is 33.1 Å². The summed E-state index contributed by atoms with van der Waals surface area (Å²) in [4.78, 5) is 45.3. The molecule has 0 radical (unpaired) electrons. The molecule has 0 heterocycles. The molecule has 0 bridgehead atoms. The van der Waals surface area contributed by atoms with Gasteiger partial charge in [0.25, 0.3) is 0 Å². The summed E-state index contributed by atoms with van der Waals surface area (Å²) >= 11 is 0. The highest BCUT2D eigenvalue weighted by Crippen LogP contribution is 2.09. The van der Waals surface area contributed by atoms with Crippen LogP contribution in [0.25, 0.3) is 0 Å². The maximum absolute atomic E-state index is 11.6. The van der Waals surface area contributed by atoms with E-state index in [0.717, 1.165) is 0 Å². The second kappa shape index (κ2) is 16.9. The van der Waals surface area contributed by atoms with Crippen LogP contribution in [0.15, 0.2) is 0 Å². The van der Waals surface area contributed by atoms with Crippen molar-refractivity contribution in [3.8, 4) is 0 Å². The van der Waals surface area contributed by atoms with Crippen LogP contribution in [0.2, 0.25) is 0 Å². The van der Waals surface area contributed by atoms with E-state index in [-0.39, 0.29) is 32.1 Å². The van der Waals surface area contributed by atoms with E-state index < -0.39 is 41.4 Å². The normalized spacial score (nSPS) is 11.2. The number of aliphatic hydroxyl groups excluding tert-OH is 2. The van der Waals surface area contributed by atoms with Crippen LogP contribution in [-0.2, 0) is 28.5 Å². The summed E-state index contributed by atoms with van der Waals surface area (Å²) < 4.78 is 19.1. The van der Waals surface area contributed by atoms with E-state index in [0.29, 0.717) is 12.8 Å². The van der Waals surface area contributed by atoms with Gasteiger partial charge in [-0.15, -0.1) is 0 Å². The number of amides is 2. The Labute approximate surface area is 201 Å². The highest BCUT2D eigenvalue weighted by Gasteiger charge is 2.24.